The van der Waals surface area contributed by atoms with Gasteiger partial charge in [-0.1, -0.05) is 38.1 Å². The van der Waals surface area contributed by atoms with Crippen LogP contribution in [0.2, 0.25) is 0 Å². The summed E-state index contributed by atoms with van der Waals surface area (Å²) in [6.07, 6.45) is 3.73. The SMILES string of the molecule is CCC(CC)c1ccccc1C1(C(=O)O)CC1. The van der Waals surface area contributed by atoms with Crippen LogP contribution in [0.4, 0.5) is 0 Å². The summed E-state index contributed by atoms with van der Waals surface area (Å²) >= 11 is 0. The van der Waals surface area contributed by atoms with Gasteiger partial charge in [0.25, 0.3) is 0 Å². The molecule has 1 fully saturated rings. The van der Waals surface area contributed by atoms with Gasteiger partial charge in [-0.05, 0) is 42.7 Å². The van der Waals surface area contributed by atoms with Crippen molar-refractivity contribution in [3.63, 3.8) is 0 Å². The summed E-state index contributed by atoms with van der Waals surface area (Å²) in [6.45, 7) is 4.34. The van der Waals surface area contributed by atoms with Crippen LogP contribution in [0.1, 0.15) is 56.6 Å². The molecular weight excluding hydrogens is 212 g/mol. The van der Waals surface area contributed by atoms with Crippen molar-refractivity contribution in [2.45, 2.75) is 50.9 Å². The van der Waals surface area contributed by atoms with Crippen LogP contribution in [0, 0.1) is 0 Å². The summed E-state index contributed by atoms with van der Waals surface area (Å²) in [4.78, 5) is 11.4. The summed E-state index contributed by atoms with van der Waals surface area (Å²) in [6, 6.07) is 8.10. The molecule has 0 amide bonds. The van der Waals surface area contributed by atoms with Gasteiger partial charge in [0.1, 0.15) is 0 Å². The van der Waals surface area contributed by atoms with Crippen LogP contribution in [-0.4, -0.2) is 11.1 Å². The quantitative estimate of drug-likeness (QED) is 0.840. The van der Waals surface area contributed by atoms with E-state index in [9.17, 15) is 9.90 Å². The largest absolute Gasteiger partial charge is 0.481 e. The van der Waals surface area contributed by atoms with E-state index in [2.05, 4.69) is 19.9 Å². The molecule has 2 nitrogen and oxygen atoms in total. The number of rotatable bonds is 5. The topological polar surface area (TPSA) is 37.3 Å². The van der Waals surface area contributed by atoms with Crippen molar-refractivity contribution < 1.29 is 9.90 Å². The molecule has 2 rings (SSSR count). The van der Waals surface area contributed by atoms with Crippen molar-refractivity contribution >= 4 is 5.97 Å². The second-order valence-corrected chi connectivity index (χ2v) is 4.99. The van der Waals surface area contributed by atoms with E-state index in [0.29, 0.717) is 5.92 Å². The highest BCUT2D eigenvalue weighted by Crippen LogP contribution is 2.51. The Morgan fingerprint density at radius 2 is 1.88 bits per heavy atom. The molecule has 0 aromatic heterocycles. The van der Waals surface area contributed by atoms with Gasteiger partial charge in [0, 0.05) is 0 Å². The highest BCUT2D eigenvalue weighted by atomic mass is 16.4. The van der Waals surface area contributed by atoms with Crippen molar-refractivity contribution in [1.82, 2.24) is 0 Å². The van der Waals surface area contributed by atoms with E-state index in [1.54, 1.807) is 0 Å². The van der Waals surface area contributed by atoms with Crippen LogP contribution in [0.5, 0.6) is 0 Å². The third-order valence-electron chi connectivity index (χ3n) is 4.06. The highest BCUT2D eigenvalue weighted by molar-refractivity contribution is 5.85. The minimum Gasteiger partial charge on any atom is -0.481 e. The van der Waals surface area contributed by atoms with Crippen LogP contribution in [0.15, 0.2) is 24.3 Å². The Labute approximate surface area is 103 Å². The first-order chi connectivity index (χ1) is 8.15. The zero-order valence-corrected chi connectivity index (χ0v) is 10.6. The van der Waals surface area contributed by atoms with Gasteiger partial charge in [0.05, 0.1) is 5.41 Å². The third-order valence-corrected chi connectivity index (χ3v) is 4.06. The maximum Gasteiger partial charge on any atom is 0.314 e. The highest BCUT2D eigenvalue weighted by Gasteiger charge is 2.52. The average Bonchev–Trinajstić information content (AvgIpc) is 3.12. The molecule has 2 heteroatoms. The first-order valence-corrected chi connectivity index (χ1v) is 6.48. The van der Waals surface area contributed by atoms with E-state index in [1.807, 2.05) is 18.2 Å². The van der Waals surface area contributed by atoms with Gasteiger partial charge < -0.3 is 5.11 Å². The normalized spacial score (nSPS) is 17.1. The molecule has 0 bridgehead atoms. The molecule has 92 valence electrons. The molecule has 1 saturated carbocycles. The van der Waals surface area contributed by atoms with Crippen molar-refractivity contribution in [1.29, 1.82) is 0 Å². The molecule has 0 saturated heterocycles. The number of carboxylic acids is 1. The molecule has 1 aromatic carbocycles. The summed E-state index contributed by atoms with van der Waals surface area (Å²) < 4.78 is 0. The molecule has 0 aliphatic heterocycles. The second-order valence-electron chi connectivity index (χ2n) is 4.99. The molecule has 1 aliphatic rings. The lowest BCUT2D eigenvalue weighted by molar-refractivity contribution is -0.140. The number of hydrogen-bond acceptors (Lipinski definition) is 1. The Morgan fingerprint density at radius 3 is 2.35 bits per heavy atom. The van der Waals surface area contributed by atoms with Crippen molar-refractivity contribution in [2.75, 3.05) is 0 Å². The van der Waals surface area contributed by atoms with Crippen LogP contribution >= 0.6 is 0 Å². The van der Waals surface area contributed by atoms with Crippen molar-refractivity contribution in [2.24, 2.45) is 0 Å². The predicted octanol–water partition coefficient (Wildman–Crippen LogP) is 3.71. The van der Waals surface area contributed by atoms with E-state index >= 15 is 0 Å². The predicted molar refractivity (Wildman–Crippen MR) is 68.3 cm³/mol. The maximum atomic E-state index is 11.4. The van der Waals surface area contributed by atoms with Crippen LogP contribution in [0.25, 0.3) is 0 Å². The number of carboxylic acid groups (broad SMARTS) is 1. The minimum absolute atomic E-state index is 0.489. The fraction of sp³-hybridized carbons (Fsp3) is 0.533. The second kappa shape index (κ2) is 4.52. The van der Waals surface area contributed by atoms with Gasteiger partial charge in [-0.25, -0.2) is 0 Å². The Bertz CT molecular complexity index is 415. The van der Waals surface area contributed by atoms with Gasteiger partial charge in [-0.2, -0.15) is 0 Å². The Morgan fingerprint density at radius 1 is 1.29 bits per heavy atom. The fourth-order valence-electron chi connectivity index (χ4n) is 2.74. The molecule has 0 spiro atoms. The maximum absolute atomic E-state index is 11.4. The lowest BCUT2D eigenvalue weighted by atomic mass is 9.83. The summed E-state index contributed by atoms with van der Waals surface area (Å²) in [5, 5.41) is 9.41. The minimum atomic E-state index is -0.657. The molecule has 0 heterocycles. The zero-order chi connectivity index (χ0) is 12.5. The lowest BCUT2D eigenvalue weighted by Crippen LogP contribution is -2.22. The van der Waals surface area contributed by atoms with E-state index in [1.165, 1.54) is 5.56 Å². The summed E-state index contributed by atoms with van der Waals surface area (Å²) in [5.74, 6) is -0.168. The molecule has 1 aliphatic carbocycles. The number of carbonyl (C=O) groups is 1. The monoisotopic (exact) mass is 232 g/mol. The summed E-state index contributed by atoms with van der Waals surface area (Å²) in [7, 11) is 0. The van der Waals surface area contributed by atoms with Crippen LogP contribution in [0.3, 0.4) is 0 Å². The molecule has 17 heavy (non-hydrogen) atoms. The Kier molecular flexibility index (Phi) is 3.23. The fourth-order valence-corrected chi connectivity index (χ4v) is 2.74. The average molecular weight is 232 g/mol. The van der Waals surface area contributed by atoms with E-state index in [0.717, 1.165) is 31.2 Å². The smallest absolute Gasteiger partial charge is 0.314 e. The van der Waals surface area contributed by atoms with E-state index in [4.69, 9.17) is 0 Å². The van der Waals surface area contributed by atoms with Gasteiger partial charge >= 0.3 is 5.97 Å². The van der Waals surface area contributed by atoms with Crippen LogP contribution in [-0.2, 0) is 10.2 Å². The molecule has 0 atom stereocenters. The van der Waals surface area contributed by atoms with Gasteiger partial charge in [-0.3, -0.25) is 4.79 Å². The summed E-state index contributed by atoms with van der Waals surface area (Å²) in [5.41, 5.74) is 1.73. The number of hydrogen-bond donors (Lipinski definition) is 1. The van der Waals surface area contributed by atoms with Crippen molar-refractivity contribution in [3.8, 4) is 0 Å². The van der Waals surface area contributed by atoms with Gasteiger partial charge in [0.15, 0.2) is 0 Å². The number of aliphatic carboxylic acids is 1. The zero-order valence-electron chi connectivity index (χ0n) is 10.6. The standard InChI is InChI=1S/C15H20O2/c1-3-11(4-2)12-7-5-6-8-13(12)15(9-10-15)14(16)17/h5-8,11H,3-4,9-10H2,1-2H3,(H,16,17). The van der Waals surface area contributed by atoms with Gasteiger partial charge in [-0.15, -0.1) is 0 Å². The Balaban J connectivity index is 2.44. The van der Waals surface area contributed by atoms with Crippen molar-refractivity contribution in [3.05, 3.63) is 35.4 Å². The molecule has 1 N–H and O–H groups in total. The molecule has 0 unspecified atom stereocenters. The lowest BCUT2D eigenvalue weighted by Gasteiger charge is -2.21. The molecule has 1 aromatic rings. The molecule has 0 radical (unpaired) electrons. The van der Waals surface area contributed by atoms with E-state index in [-0.39, 0.29) is 0 Å². The first-order valence-electron chi connectivity index (χ1n) is 6.48. The Hall–Kier alpha value is -1.31. The molecular formula is C15H20O2. The van der Waals surface area contributed by atoms with E-state index < -0.39 is 11.4 Å². The first kappa shape index (κ1) is 12.2. The third kappa shape index (κ3) is 1.97. The number of benzene rings is 1. The van der Waals surface area contributed by atoms with Crippen LogP contribution < -0.4 is 0 Å². The van der Waals surface area contributed by atoms with Gasteiger partial charge in [0.2, 0.25) is 0 Å².